The molecule has 3 heteroatoms. The Morgan fingerprint density at radius 1 is 1.28 bits per heavy atom. The molecule has 0 aliphatic carbocycles. The number of aliphatic hydroxyl groups excluding tert-OH is 1. The van der Waals surface area contributed by atoms with E-state index in [2.05, 4.69) is 46.9 Å². The normalized spacial score (nSPS) is 15.3. The molecule has 0 aromatic carbocycles. The van der Waals surface area contributed by atoms with Gasteiger partial charge in [-0.05, 0) is 37.4 Å². The van der Waals surface area contributed by atoms with E-state index in [4.69, 9.17) is 4.43 Å². The topological polar surface area (TPSA) is 29.5 Å². The van der Waals surface area contributed by atoms with Crippen molar-refractivity contribution in [1.29, 1.82) is 0 Å². The van der Waals surface area contributed by atoms with Gasteiger partial charge in [0.25, 0.3) is 0 Å². The number of hydrogen-bond acceptors (Lipinski definition) is 2. The predicted octanol–water partition coefficient (Wildman–Crippen LogP) is 4.51. The third-order valence-corrected chi connectivity index (χ3v) is 8.27. The zero-order valence-corrected chi connectivity index (χ0v) is 14.1. The number of rotatable bonds is 8. The van der Waals surface area contributed by atoms with Gasteiger partial charge < -0.3 is 9.53 Å². The lowest BCUT2D eigenvalue weighted by atomic mass is 10.2. The van der Waals surface area contributed by atoms with E-state index in [-0.39, 0.29) is 11.1 Å². The monoisotopic (exact) mass is 272 g/mol. The fraction of sp³-hybridized carbons (Fsp3) is 0.867. The molecule has 0 aromatic rings. The van der Waals surface area contributed by atoms with Crippen molar-refractivity contribution in [3.8, 4) is 0 Å². The van der Waals surface area contributed by atoms with Crippen molar-refractivity contribution < 1.29 is 9.53 Å². The quantitative estimate of drug-likeness (QED) is 0.400. The molecule has 0 bridgehead atoms. The molecule has 108 valence electrons. The molecule has 0 spiro atoms. The number of hydrogen-bond donors (Lipinski definition) is 1. The summed E-state index contributed by atoms with van der Waals surface area (Å²) in [7, 11) is -1.61. The van der Waals surface area contributed by atoms with Crippen molar-refractivity contribution >= 4 is 8.32 Å². The first-order valence-electron chi connectivity index (χ1n) is 7.19. The van der Waals surface area contributed by atoms with E-state index >= 15 is 0 Å². The molecule has 1 atom stereocenters. The summed E-state index contributed by atoms with van der Waals surface area (Å²) in [5.41, 5.74) is 0. The Morgan fingerprint density at radius 3 is 2.39 bits per heavy atom. The SMILES string of the molecule is CCC/C=C/C(O)CCCO[Si](C)(C)C(C)(C)C. The van der Waals surface area contributed by atoms with Crippen molar-refractivity contribution in [3.63, 3.8) is 0 Å². The molecule has 0 aliphatic heterocycles. The molecule has 0 radical (unpaired) electrons. The van der Waals surface area contributed by atoms with E-state index in [9.17, 15) is 5.11 Å². The predicted molar refractivity (Wildman–Crippen MR) is 82.4 cm³/mol. The highest BCUT2D eigenvalue weighted by molar-refractivity contribution is 6.74. The van der Waals surface area contributed by atoms with E-state index in [0.717, 1.165) is 32.3 Å². The fourth-order valence-corrected chi connectivity index (χ4v) is 2.44. The molecule has 0 heterocycles. The molecular weight excluding hydrogens is 240 g/mol. The van der Waals surface area contributed by atoms with Crippen LogP contribution in [0.25, 0.3) is 0 Å². The molecule has 0 rings (SSSR count). The summed E-state index contributed by atoms with van der Waals surface area (Å²) in [5, 5.41) is 10.0. The maximum absolute atomic E-state index is 9.73. The molecule has 0 saturated carbocycles. The molecule has 0 fully saturated rings. The Balaban J connectivity index is 3.80. The van der Waals surface area contributed by atoms with Crippen LogP contribution in [0.15, 0.2) is 12.2 Å². The lowest BCUT2D eigenvalue weighted by Crippen LogP contribution is -2.41. The standard InChI is InChI=1S/C15H32O2Si/c1-7-8-9-11-14(16)12-10-13-17-18(5,6)15(2,3)4/h9,11,14,16H,7-8,10,12-13H2,1-6H3/b11-9+. The van der Waals surface area contributed by atoms with Crippen LogP contribution in [0.1, 0.15) is 53.4 Å². The minimum atomic E-state index is -1.61. The first-order valence-corrected chi connectivity index (χ1v) is 10.1. The number of allylic oxidation sites excluding steroid dienone is 1. The molecular formula is C15H32O2Si. The second-order valence-electron chi connectivity index (χ2n) is 6.54. The van der Waals surface area contributed by atoms with Crippen LogP contribution in [0.3, 0.4) is 0 Å². The summed E-state index contributed by atoms with van der Waals surface area (Å²) in [6.07, 6.45) is 7.60. The van der Waals surface area contributed by atoms with Crippen LogP contribution in [0.2, 0.25) is 18.1 Å². The van der Waals surface area contributed by atoms with Crippen molar-refractivity contribution in [3.05, 3.63) is 12.2 Å². The zero-order valence-electron chi connectivity index (χ0n) is 13.1. The summed E-state index contributed by atoms with van der Waals surface area (Å²) in [5.74, 6) is 0. The Morgan fingerprint density at radius 2 is 1.89 bits per heavy atom. The van der Waals surface area contributed by atoms with Gasteiger partial charge >= 0.3 is 0 Å². The summed E-state index contributed by atoms with van der Waals surface area (Å²) in [6.45, 7) is 14.2. The maximum Gasteiger partial charge on any atom is 0.191 e. The fourth-order valence-electron chi connectivity index (χ4n) is 1.35. The van der Waals surface area contributed by atoms with Gasteiger partial charge in [0.2, 0.25) is 0 Å². The van der Waals surface area contributed by atoms with Crippen molar-refractivity contribution in [2.45, 2.75) is 77.6 Å². The van der Waals surface area contributed by atoms with Gasteiger partial charge in [-0.15, -0.1) is 0 Å². The van der Waals surface area contributed by atoms with Crippen LogP contribution in [-0.2, 0) is 4.43 Å². The maximum atomic E-state index is 9.73. The summed E-state index contributed by atoms with van der Waals surface area (Å²) in [4.78, 5) is 0. The van der Waals surface area contributed by atoms with Crippen LogP contribution in [0, 0.1) is 0 Å². The zero-order chi connectivity index (χ0) is 14.2. The Kier molecular flexibility index (Phi) is 8.07. The van der Waals surface area contributed by atoms with Crippen molar-refractivity contribution in [2.24, 2.45) is 0 Å². The third-order valence-electron chi connectivity index (χ3n) is 3.73. The Hall–Kier alpha value is -0.123. The minimum Gasteiger partial charge on any atom is -0.417 e. The number of unbranched alkanes of at least 4 members (excludes halogenated alkanes) is 1. The molecule has 1 N–H and O–H groups in total. The smallest absolute Gasteiger partial charge is 0.191 e. The van der Waals surface area contributed by atoms with Crippen LogP contribution in [0.5, 0.6) is 0 Å². The van der Waals surface area contributed by atoms with Gasteiger partial charge in [0.15, 0.2) is 8.32 Å². The highest BCUT2D eigenvalue weighted by Gasteiger charge is 2.36. The Bertz CT molecular complexity index is 241. The van der Waals surface area contributed by atoms with Crippen molar-refractivity contribution in [1.82, 2.24) is 0 Å². The lowest BCUT2D eigenvalue weighted by molar-refractivity contribution is 0.191. The second kappa shape index (κ2) is 8.13. The summed E-state index contributed by atoms with van der Waals surface area (Å²) < 4.78 is 6.07. The molecule has 18 heavy (non-hydrogen) atoms. The first kappa shape index (κ1) is 17.9. The summed E-state index contributed by atoms with van der Waals surface area (Å²) in [6, 6.07) is 0. The van der Waals surface area contributed by atoms with Gasteiger partial charge in [-0.25, -0.2) is 0 Å². The third kappa shape index (κ3) is 7.34. The van der Waals surface area contributed by atoms with Gasteiger partial charge in [0.05, 0.1) is 6.10 Å². The van der Waals surface area contributed by atoms with E-state index in [1.807, 2.05) is 6.08 Å². The van der Waals surface area contributed by atoms with Crippen LogP contribution < -0.4 is 0 Å². The summed E-state index contributed by atoms with van der Waals surface area (Å²) >= 11 is 0. The average Bonchev–Trinajstić information content (AvgIpc) is 2.23. The van der Waals surface area contributed by atoms with Gasteiger partial charge in [-0.2, -0.15) is 0 Å². The van der Waals surface area contributed by atoms with Crippen LogP contribution in [-0.4, -0.2) is 26.1 Å². The van der Waals surface area contributed by atoms with Crippen molar-refractivity contribution in [2.75, 3.05) is 6.61 Å². The molecule has 0 aliphatic rings. The lowest BCUT2D eigenvalue weighted by Gasteiger charge is -2.36. The van der Waals surface area contributed by atoms with E-state index < -0.39 is 8.32 Å². The van der Waals surface area contributed by atoms with Gasteiger partial charge in [-0.1, -0.05) is 46.3 Å². The molecule has 1 unspecified atom stereocenters. The van der Waals surface area contributed by atoms with Crippen LogP contribution >= 0.6 is 0 Å². The highest BCUT2D eigenvalue weighted by Crippen LogP contribution is 2.36. The van der Waals surface area contributed by atoms with Gasteiger partial charge in [-0.3, -0.25) is 0 Å². The Labute approximate surface area is 115 Å². The van der Waals surface area contributed by atoms with Gasteiger partial charge in [0.1, 0.15) is 0 Å². The molecule has 0 aromatic heterocycles. The number of aliphatic hydroxyl groups is 1. The van der Waals surface area contributed by atoms with Gasteiger partial charge in [0, 0.05) is 6.61 Å². The molecule has 0 amide bonds. The minimum absolute atomic E-state index is 0.270. The van der Waals surface area contributed by atoms with E-state index in [1.54, 1.807) is 0 Å². The van der Waals surface area contributed by atoms with E-state index in [0.29, 0.717) is 0 Å². The second-order valence-corrected chi connectivity index (χ2v) is 11.3. The highest BCUT2D eigenvalue weighted by atomic mass is 28.4. The van der Waals surface area contributed by atoms with E-state index in [1.165, 1.54) is 0 Å². The largest absolute Gasteiger partial charge is 0.417 e. The van der Waals surface area contributed by atoms with Crippen LogP contribution in [0.4, 0.5) is 0 Å². The average molecular weight is 273 g/mol. The first-order chi connectivity index (χ1) is 8.20. The molecule has 2 nitrogen and oxygen atoms in total. The molecule has 0 saturated heterocycles.